The number of amidine groups is 2. The molecule has 1 aliphatic heterocycles. The van der Waals surface area contributed by atoms with Gasteiger partial charge in [-0.2, -0.15) is 0 Å². The number of aliphatic imine (C=N–C) groups is 2. The molecule has 8 nitrogen and oxygen atoms in total. The van der Waals surface area contributed by atoms with Gasteiger partial charge in [0.05, 0.1) is 0 Å². The summed E-state index contributed by atoms with van der Waals surface area (Å²) in [6, 6.07) is 34.8. The van der Waals surface area contributed by atoms with Crippen molar-refractivity contribution in [1.82, 2.24) is 5.32 Å². The lowest BCUT2D eigenvalue weighted by Crippen LogP contribution is -2.34. The van der Waals surface area contributed by atoms with E-state index in [9.17, 15) is 20.4 Å². The summed E-state index contributed by atoms with van der Waals surface area (Å²) in [4.78, 5) is 9.88. The molecule has 9 heteroatoms. The van der Waals surface area contributed by atoms with Gasteiger partial charge in [-0.15, -0.1) is 0 Å². The lowest BCUT2D eigenvalue weighted by molar-refractivity contribution is 0.363. The smallest absolute Gasteiger partial charge is 0.200 e. The molecule has 1 aromatic heterocycles. The molecule has 2 unspecified atom stereocenters. The molecule has 0 fully saturated rings. The largest absolute Gasteiger partial charge is 0.507 e. The monoisotopic (exact) mass is 697 g/mol. The van der Waals surface area contributed by atoms with Crippen molar-refractivity contribution in [2.45, 2.75) is 32.4 Å². The van der Waals surface area contributed by atoms with Gasteiger partial charge >= 0.3 is 0 Å². The van der Waals surface area contributed by atoms with Crippen molar-refractivity contribution in [3.8, 4) is 34.1 Å². The first kappa shape index (κ1) is 32.4. The molecule has 2 atom stereocenters. The minimum absolute atomic E-state index is 0.000152. The van der Waals surface area contributed by atoms with Crippen molar-refractivity contribution < 1.29 is 24.8 Å². The SMILES string of the molecule is Bc1c(O)c(O)c(O)c(C2=NC(c3ccc4cc(-c5ccc(C6=CC(C)CCC6)cc5)ccc4c3)=NC(c3cccc4oc5ccccc5c34)N2)c1O. The molecule has 1 aliphatic carbocycles. The zero-order valence-electron chi connectivity index (χ0n) is 29.3. The molecule has 6 aromatic carbocycles. The second-order valence-corrected chi connectivity index (χ2v) is 14.1. The van der Waals surface area contributed by atoms with E-state index in [1.54, 1.807) is 0 Å². The highest BCUT2D eigenvalue weighted by Gasteiger charge is 2.30. The van der Waals surface area contributed by atoms with Crippen LogP contribution in [0, 0.1) is 5.92 Å². The van der Waals surface area contributed by atoms with Crippen LogP contribution in [0.3, 0.4) is 0 Å². The summed E-state index contributed by atoms with van der Waals surface area (Å²) in [5.41, 5.74) is 7.79. The van der Waals surface area contributed by atoms with Gasteiger partial charge in [0.15, 0.2) is 17.3 Å². The number of hydrogen-bond donors (Lipinski definition) is 5. The average Bonchev–Trinajstić information content (AvgIpc) is 3.58. The van der Waals surface area contributed by atoms with Crippen molar-refractivity contribution in [1.29, 1.82) is 0 Å². The van der Waals surface area contributed by atoms with Gasteiger partial charge < -0.3 is 30.2 Å². The van der Waals surface area contributed by atoms with E-state index in [1.165, 1.54) is 31.8 Å². The predicted octanol–water partition coefficient (Wildman–Crippen LogP) is 8.19. The van der Waals surface area contributed by atoms with Gasteiger partial charge in [0.1, 0.15) is 42.3 Å². The fourth-order valence-corrected chi connectivity index (χ4v) is 7.75. The number of phenols is 4. The third-order valence-electron chi connectivity index (χ3n) is 10.6. The van der Waals surface area contributed by atoms with Crippen molar-refractivity contribution in [2.75, 3.05) is 0 Å². The second-order valence-electron chi connectivity index (χ2n) is 14.1. The standard InChI is InChI=1S/C44H36BN3O5/c1-23-6-4-7-26(20-23)24-12-14-25(15-13-24)27-16-17-29-22-30(19-18-28(29)21-27)42-46-43(32-9-5-11-34-35(32)31-8-2-3-10-33(31)53-34)48-44(47-42)36-38(49)37(45)40(51)41(52)39(36)50/h2-3,5,8-23,43,49-52H,4,6-7,45H2,1H3,(H,46,47,48). The van der Waals surface area contributed by atoms with E-state index in [4.69, 9.17) is 14.4 Å². The molecular weight excluding hydrogens is 661 g/mol. The van der Waals surface area contributed by atoms with Gasteiger partial charge in [0.2, 0.25) is 5.75 Å². The highest BCUT2D eigenvalue weighted by molar-refractivity contribution is 6.38. The molecular formula is C44H36BN3O5. The Kier molecular flexibility index (Phi) is 7.73. The maximum Gasteiger partial charge on any atom is 0.200 e. The topological polar surface area (TPSA) is 131 Å². The number of fused-ring (bicyclic) bond motifs is 4. The van der Waals surface area contributed by atoms with Gasteiger partial charge in [-0.05, 0) is 87.9 Å². The maximum absolute atomic E-state index is 11.2. The summed E-state index contributed by atoms with van der Waals surface area (Å²) >= 11 is 0. The third-order valence-corrected chi connectivity index (χ3v) is 10.6. The molecule has 5 N–H and O–H groups in total. The van der Waals surface area contributed by atoms with E-state index >= 15 is 0 Å². The first-order chi connectivity index (χ1) is 25.7. The van der Waals surface area contributed by atoms with Gasteiger partial charge in [-0.3, -0.25) is 0 Å². The summed E-state index contributed by atoms with van der Waals surface area (Å²) in [6.45, 7) is 2.29. The van der Waals surface area contributed by atoms with Crippen LogP contribution >= 0.6 is 0 Å². The van der Waals surface area contributed by atoms with Crippen molar-refractivity contribution in [3.05, 3.63) is 131 Å². The number of aromatic hydroxyl groups is 4. The number of para-hydroxylation sites is 1. The molecule has 0 spiro atoms. The zero-order valence-corrected chi connectivity index (χ0v) is 29.3. The summed E-state index contributed by atoms with van der Waals surface area (Å²) < 4.78 is 6.17. The van der Waals surface area contributed by atoms with E-state index in [1.807, 2.05) is 60.7 Å². The Balaban J connectivity index is 1.13. The predicted molar refractivity (Wildman–Crippen MR) is 214 cm³/mol. The quantitative estimate of drug-likeness (QED) is 0.0701. The van der Waals surface area contributed by atoms with Crippen LogP contribution < -0.4 is 10.8 Å². The fraction of sp³-hybridized carbons (Fsp3) is 0.136. The minimum atomic E-state index is -0.750. The van der Waals surface area contributed by atoms with Crippen LogP contribution in [-0.2, 0) is 0 Å². The Morgan fingerprint density at radius 2 is 1.42 bits per heavy atom. The Hall–Kier alpha value is -6.48. The van der Waals surface area contributed by atoms with Gasteiger partial charge in [-0.25, -0.2) is 9.98 Å². The summed E-state index contributed by atoms with van der Waals surface area (Å²) in [5.74, 6) is -1.42. The minimum Gasteiger partial charge on any atom is -0.507 e. The molecule has 2 heterocycles. The van der Waals surface area contributed by atoms with E-state index in [-0.39, 0.29) is 16.9 Å². The Morgan fingerprint density at radius 3 is 2.21 bits per heavy atom. The zero-order chi connectivity index (χ0) is 36.4. The molecule has 2 aliphatic rings. The summed E-state index contributed by atoms with van der Waals surface area (Å²) in [7, 11) is 1.45. The highest BCUT2D eigenvalue weighted by Crippen LogP contribution is 2.42. The number of furan rings is 1. The number of hydrogen-bond acceptors (Lipinski definition) is 8. The Morgan fingerprint density at radius 1 is 0.717 bits per heavy atom. The summed E-state index contributed by atoms with van der Waals surface area (Å²) in [6.07, 6.45) is 5.31. The number of nitrogens with one attached hydrogen (secondary N) is 1. The molecule has 0 radical (unpaired) electrons. The second kappa shape index (κ2) is 12.6. The molecule has 260 valence electrons. The first-order valence-electron chi connectivity index (χ1n) is 17.9. The number of phenolic OH excluding ortho intramolecular Hbond substituents is 4. The maximum atomic E-state index is 11.2. The van der Waals surface area contributed by atoms with Gasteiger partial charge in [0, 0.05) is 21.9 Å². The van der Waals surface area contributed by atoms with Crippen LogP contribution in [0.15, 0.2) is 124 Å². The fourth-order valence-electron chi connectivity index (χ4n) is 7.75. The number of nitrogens with zero attached hydrogens (tertiary/aromatic N) is 2. The lowest BCUT2D eigenvalue weighted by Gasteiger charge is -2.25. The van der Waals surface area contributed by atoms with Crippen LogP contribution in [0.4, 0.5) is 0 Å². The third kappa shape index (κ3) is 5.56. The first-order valence-corrected chi connectivity index (χ1v) is 17.9. The van der Waals surface area contributed by atoms with Crippen molar-refractivity contribution in [3.63, 3.8) is 0 Å². The van der Waals surface area contributed by atoms with Crippen LogP contribution in [0.2, 0.25) is 0 Å². The molecule has 9 rings (SSSR count). The number of rotatable bonds is 5. The molecule has 7 aromatic rings. The molecule has 53 heavy (non-hydrogen) atoms. The molecule has 0 amide bonds. The van der Waals surface area contributed by atoms with Gasteiger partial charge in [-0.1, -0.05) is 91.9 Å². The lowest BCUT2D eigenvalue weighted by atomic mass is 9.87. The number of allylic oxidation sites excluding steroid dienone is 2. The molecule has 0 bridgehead atoms. The average molecular weight is 698 g/mol. The Labute approximate surface area is 306 Å². The van der Waals surface area contributed by atoms with E-state index in [0.29, 0.717) is 17.3 Å². The highest BCUT2D eigenvalue weighted by atomic mass is 16.3. The van der Waals surface area contributed by atoms with Crippen LogP contribution in [-0.4, -0.2) is 39.9 Å². The molecule has 0 saturated carbocycles. The van der Waals surface area contributed by atoms with E-state index in [0.717, 1.165) is 55.8 Å². The van der Waals surface area contributed by atoms with Crippen molar-refractivity contribution in [2.24, 2.45) is 15.9 Å². The molecule has 0 saturated heterocycles. The van der Waals surface area contributed by atoms with E-state index in [2.05, 4.69) is 60.8 Å². The normalized spacial score (nSPS) is 17.4. The van der Waals surface area contributed by atoms with Crippen LogP contribution in [0.25, 0.3) is 49.4 Å². The van der Waals surface area contributed by atoms with Crippen LogP contribution in [0.1, 0.15) is 54.6 Å². The number of benzene rings is 6. The Bertz CT molecular complexity index is 2680. The van der Waals surface area contributed by atoms with Crippen LogP contribution in [0.5, 0.6) is 23.0 Å². The van der Waals surface area contributed by atoms with Gasteiger partial charge in [0.25, 0.3) is 0 Å². The summed E-state index contributed by atoms with van der Waals surface area (Å²) in [5, 5.41) is 50.3. The van der Waals surface area contributed by atoms with Crippen molar-refractivity contribution >= 4 is 63.3 Å². The van der Waals surface area contributed by atoms with E-state index < -0.39 is 29.2 Å².